The molecule has 1 aliphatic rings. The minimum absolute atomic E-state index is 0.681. The highest BCUT2D eigenvalue weighted by atomic mass is 16.5. The average molecular weight is 350 g/mol. The highest BCUT2D eigenvalue weighted by Crippen LogP contribution is 2.17. The van der Waals surface area contributed by atoms with Crippen LogP contribution < -0.4 is 9.64 Å². The monoisotopic (exact) mass is 350 g/mol. The lowest BCUT2D eigenvalue weighted by Gasteiger charge is -2.34. The summed E-state index contributed by atoms with van der Waals surface area (Å²) in [5, 5.41) is 0. The fourth-order valence-corrected chi connectivity index (χ4v) is 3.11. The Hall–Kier alpha value is -2.93. The number of benzene rings is 1. The summed E-state index contributed by atoms with van der Waals surface area (Å²) >= 11 is 0. The fourth-order valence-electron chi connectivity index (χ4n) is 3.11. The highest BCUT2D eigenvalue weighted by molar-refractivity contribution is 5.54. The van der Waals surface area contributed by atoms with Crippen LogP contribution in [0.3, 0.4) is 0 Å². The van der Waals surface area contributed by atoms with E-state index in [1.54, 1.807) is 19.5 Å². The quantitative estimate of drug-likeness (QED) is 0.761. The molecule has 134 valence electrons. The summed E-state index contributed by atoms with van der Waals surface area (Å²) in [4.78, 5) is 21.3. The van der Waals surface area contributed by atoms with Crippen molar-refractivity contribution in [2.45, 2.75) is 6.54 Å². The molecule has 3 aromatic rings. The van der Waals surface area contributed by atoms with Crippen LogP contribution in [0, 0.1) is 0 Å². The first kappa shape index (κ1) is 16.5. The van der Waals surface area contributed by atoms with Crippen LogP contribution >= 0.6 is 0 Å². The minimum Gasteiger partial charge on any atom is -0.494 e. The molecule has 1 aromatic carbocycles. The number of nitrogens with one attached hydrogen (secondary N) is 1. The maximum Gasteiger partial charge on any atom is 0.225 e. The molecule has 1 N–H and O–H groups in total. The molecular weight excluding hydrogens is 328 g/mol. The molecule has 7 nitrogen and oxygen atoms in total. The van der Waals surface area contributed by atoms with Crippen LogP contribution in [0.5, 0.6) is 5.75 Å². The van der Waals surface area contributed by atoms with E-state index in [0.717, 1.165) is 55.8 Å². The van der Waals surface area contributed by atoms with E-state index in [1.807, 2.05) is 24.4 Å². The lowest BCUT2D eigenvalue weighted by atomic mass is 10.2. The third-order valence-electron chi connectivity index (χ3n) is 4.57. The lowest BCUT2D eigenvalue weighted by molar-refractivity contribution is 0.246. The predicted molar refractivity (Wildman–Crippen MR) is 100 cm³/mol. The average Bonchev–Trinajstić information content (AvgIpc) is 3.18. The Kier molecular flexibility index (Phi) is 4.79. The van der Waals surface area contributed by atoms with Gasteiger partial charge in [0, 0.05) is 50.2 Å². The molecule has 2 aromatic heterocycles. The van der Waals surface area contributed by atoms with Crippen LogP contribution in [0.4, 0.5) is 5.95 Å². The van der Waals surface area contributed by atoms with Crippen LogP contribution in [0.1, 0.15) is 5.69 Å². The van der Waals surface area contributed by atoms with Crippen molar-refractivity contribution in [3.63, 3.8) is 0 Å². The molecule has 0 amide bonds. The number of hydrogen-bond donors (Lipinski definition) is 1. The van der Waals surface area contributed by atoms with Crippen molar-refractivity contribution in [1.29, 1.82) is 0 Å². The van der Waals surface area contributed by atoms with Crippen molar-refractivity contribution in [3.8, 4) is 17.1 Å². The maximum absolute atomic E-state index is 5.11. The third-order valence-corrected chi connectivity index (χ3v) is 4.57. The molecule has 3 heterocycles. The van der Waals surface area contributed by atoms with Crippen molar-refractivity contribution in [3.05, 3.63) is 54.6 Å². The molecule has 0 saturated carbocycles. The predicted octanol–water partition coefficient (Wildman–Crippen LogP) is 2.20. The maximum atomic E-state index is 5.11. The van der Waals surface area contributed by atoms with Crippen LogP contribution in [-0.4, -0.2) is 58.1 Å². The van der Waals surface area contributed by atoms with Gasteiger partial charge < -0.3 is 14.6 Å². The Morgan fingerprint density at radius 2 is 1.69 bits per heavy atom. The zero-order chi connectivity index (χ0) is 17.8. The second-order valence-corrected chi connectivity index (χ2v) is 6.31. The molecule has 0 atom stereocenters. The standard InChI is InChI=1S/C19H22N6O/c1-26-17-12-21-19(22-13-17)25-9-7-24(8-10-25)14-16-11-20-18(23-16)15-5-3-2-4-6-15/h2-6,11-13H,7-10,14H2,1H3,(H,20,23). The van der Waals surface area contributed by atoms with E-state index in [-0.39, 0.29) is 0 Å². The molecule has 0 spiro atoms. The summed E-state index contributed by atoms with van der Waals surface area (Å²) in [5.41, 5.74) is 2.25. The molecule has 1 fully saturated rings. The molecule has 4 rings (SSSR count). The van der Waals surface area contributed by atoms with Gasteiger partial charge in [0.25, 0.3) is 0 Å². The smallest absolute Gasteiger partial charge is 0.225 e. The van der Waals surface area contributed by atoms with Gasteiger partial charge in [0.15, 0.2) is 5.75 Å². The topological polar surface area (TPSA) is 70.2 Å². The first-order chi connectivity index (χ1) is 12.8. The molecule has 1 saturated heterocycles. The largest absolute Gasteiger partial charge is 0.494 e. The molecule has 7 heteroatoms. The number of nitrogens with zero attached hydrogens (tertiary/aromatic N) is 5. The van der Waals surface area contributed by atoms with Gasteiger partial charge in [-0.05, 0) is 0 Å². The van der Waals surface area contributed by atoms with Crippen LogP contribution in [0.15, 0.2) is 48.9 Å². The number of ether oxygens (including phenoxy) is 1. The molecule has 0 bridgehead atoms. The minimum atomic E-state index is 0.681. The van der Waals surface area contributed by atoms with Crippen molar-refractivity contribution in [2.75, 3.05) is 38.2 Å². The number of aromatic nitrogens is 4. The van der Waals surface area contributed by atoms with Gasteiger partial charge in [0.2, 0.25) is 5.95 Å². The third kappa shape index (κ3) is 3.67. The fraction of sp³-hybridized carbons (Fsp3) is 0.316. The first-order valence-electron chi connectivity index (χ1n) is 8.74. The molecule has 0 unspecified atom stereocenters. The van der Waals surface area contributed by atoms with E-state index in [2.05, 4.69) is 41.9 Å². The van der Waals surface area contributed by atoms with E-state index in [0.29, 0.717) is 5.75 Å². The lowest BCUT2D eigenvalue weighted by Crippen LogP contribution is -2.46. The van der Waals surface area contributed by atoms with Crippen molar-refractivity contribution < 1.29 is 4.74 Å². The second kappa shape index (κ2) is 7.53. The zero-order valence-electron chi connectivity index (χ0n) is 14.8. The molecule has 1 aliphatic heterocycles. The normalized spacial score (nSPS) is 15.2. The summed E-state index contributed by atoms with van der Waals surface area (Å²) in [6, 6.07) is 10.2. The Morgan fingerprint density at radius 1 is 0.962 bits per heavy atom. The number of anilines is 1. The number of imidazole rings is 1. The highest BCUT2D eigenvalue weighted by Gasteiger charge is 2.19. The van der Waals surface area contributed by atoms with Gasteiger partial charge in [-0.1, -0.05) is 30.3 Å². The van der Waals surface area contributed by atoms with E-state index in [9.17, 15) is 0 Å². The Labute approximate surface area is 152 Å². The summed E-state index contributed by atoms with van der Waals surface area (Å²) in [6.07, 6.45) is 5.36. The summed E-state index contributed by atoms with van der Waals surface area (Å²) in [5.74, 6) is 2.37. The molecule has 26 heavy (non-hydrogen) atoms. The van der Waals surface area contributed by atoms with E-state index >= 15 is 0 Å². The molecule has 0 radical (unpaired) electrons. The Balaban J connectivity index is 1.33. The van der Waals surface area contributed by atoms with Gasteiger partial charge in [-0.3, -0.25) is 4.90 Å². The van der Waals surface area contributed by atoms with Gasteiger partial charge in [0.1, 0.15) is 5.82 Å². The van der Waals surface area contributed by atoms with E-state index in [1.165, 1.54) is 0 Å². The van der Waals surface area contributed by atoms with Crippen LogP contribution in [-0.2, 0) is 6.54 Å². The van der Waals surface area contributed by atoms with Crippen molar-refractivity contribution in [1.82, 2.24) is 24.8 Å². The first-order valence-corrected chi connectivity index (χ1v) is 8.74. The summed E-state index contributed by atoms with van der Waals surface area (Å²) < 4.78 is 5.11. The van der Waals surface area contributed by atoms with Gasteiger partial charge >= 0.3 is 0 Å². The van der Waals surface area contributed by atoms with Gasteiger partial charge in [-0.15, -0.1) is 0 Å². The summed E-state index contributed by atoms with van der Waals surface area (Å²) in [7, 11) is 1.62. The van der Waals surface area contributed by atoms with Gasteiger partial charge in [-0.25, -0.2) is 15.0 Å². The number of piperazine rings is 1. The number of aromatic amines is 1. The van der Waals surface area contributed by atoms with Crippen LogP contribution in [0.2, 0.25) is 0 Å². The van der Waals surface area contributed by atoms with Crippen LogP contribution in [0.25, 0.3) is 11.4 Å². The number of hydrogen-bond acceptors (Lipinski definition) is 6. The molecule has 0 aliphatic carbocycles. The summed E-state index contributed by atoms with van der Waals surface area (Å²) in [6.45, 7) is 4.62. The Bertz CT molecular complexity index is 825. The number of methoxy groups -OCH3 is 1. The van der Waals surface area contributed by atoms with Gasteiger partial charge in [-0.2, -0.15) is 0 Å². The number of rotatable bonds is 5. The second-order valence-electron chi connectivity index (χ2n) is 6.31. The van der Waals surface area contributed by atoms with Gasteiger partial charge in [0.05, 0.1) is 19.5 Å². The molecular formula is C19H22N6O. The SMILES string of the molecule is COc1cnc(N2CCN(Cc3cnc(-c4ccccc4)[nH]3)CC2)nc1. The van der Waals surface area contributed by atoms with E-state index in [4.69, 9.17) is 4.74 Å². The van der Waals surface area contributed by atoms with Crippen molar-refractivity contribution in [2.24, 2.45) is 0 Å². The van der Waals surface area contributed by atoms with Crippen molar-refractivity contribution >= 4 is 5.95 Å². The zero-order valence-corrected chi connectivity index (χ0v) is 14.8. The number of H-pyrrole nitrogens is 1. The Morgan fingerprint density at radius 3 is 2.38 bits per heavy atom. The van der Waals surface area contributed by atoms with E-state index < -0.39 is 0 Å².